The summed E-state index contributed by atoms with van der Waals surface area (Å²) in [5, 5.41) is 0. The summed E-state index contributed by atoms with van der Waals surface area (Å²) in [7, 11) is 0. The molecule has 7 nitrogen and oxygen atoms in total. The molecular weight excluding hydrogens is 600 g/mol. The molecular formula is C38H48O7S. The summed E-state index contributed by atoms with van der Waals surface area (Å²) in [4.78, 5) is 27.0. The van der Waals surface area contributed by atoms with Gasteiger partial charge in [0.2, 0.25) is 5.78 Å². The van der Waals surface area contributed by atoms with Crippen molar-refractivity contribution in [3.63, 3.8) is 0 Å². The summed E-state index contributed by atoms with van der Waals surface area (Å²) in [5.74, 6) is 1.25. The Morgan fingerprint density at radius 2 is 1.67 bits per heavy atom. The molecule has 8 atom stereocenters. The molecule has 0 amide bonds. The average Bonchev–Trinajstić information content (AvgIpc) is 3.82. The van der Waals surface area contributed by atoms with E-state index in [9.17, 15) is 9.59 Å². The molecule has 2 aliphatic carbocycles. The molecule has 2 saturated carbocycles. The minimum atomic E-state index is -0.820. The number of allylic oxidation sites excluding steroid dienone is 1. The number of thioether (sulfide) groups is 1. The van der Waals surface area contributed by atoms with E-state index < -0.39 is 17.5 Å². The van der Waals surface area contributed by atoms with Gasteiger partial charge >= 0.3 is 0 Å². The largest absolute Gasteiger partial charge is 0.461 e. The van der Waals surface area contributed by atoms with Gasteiger partial charge in [-0.2, -0.15) is 0 Å². The fraction of sp³-hybridized carbons (Fsp3) is 0.579. The molecule has 248 valence electrons. The van der Waals surface area contributed by atoms with Gasteiger partial charge < -0.3 is 23.7 Å². The van der Waals surface area contributed by atoms with Gasteiger partial charge in [0.05, 0.1) is 24.8 Å². The molecule has 46 heavy (non-hydrogen) atoms. The monoisotopic (exact) mass is 648 g/mol. The van der Waals surface area contributed by atoms with Gasteiger partial charge in [-0.1, -0.05) is 81.4 Å². The van der Waals surface area contributed by atoms with E-state index in [0.717, 1.165) is 24.8 Å². The van der Waals surface area contributed by atoms with Crippen LogP contribution < -0.4 is 0 Å². The van der Waals surface area contributed by atoms with Crippen LogP contribution in [0.4, 0.5) is 0 Å². The van der Waals surface area contributed by atoms with Crippen LogP contribution >= 0.6 is 11.8 Å². The third-order valence-corrected chi connectivity index (χ3v) is 11.6. The first-order valence-corrected chi connectivity index (χ1v) is 18.1. The van der Waals surface area contributed by atoms with Crippen LogP contribution in [0.15, 0.2) is 72.0 Å². The smallest absolute Gasteiger partial charge is 0.227 e. The number of rotatable bonds is 12. The highest BCUT2D eigenvalue weighted by Crippen LogP contribution is 2.72. The molecule has 1 spiro atoms. The highest BCUT2D eigenvalue weighted by Gasteiger charge is 2.84. The number of carbonyl (C=O) groups is 2. The van der Waals surface area contributed by atoms with Crippen molar-refractivity contribution in [2.75, 3.05) is 25.4 Å². The Morgan fingerprint density at radius 1 is 1.00 bits per heavy atom. The van der Waals surface area contributed by atoms with Crippen molar-refractivity contribution in [1.29, 1.82) is 0 Å². The second-order valence-electron chi connectivity index (χ2n) is 14.1. The topological polar surface area (TPSA) is 83.6 Å². The minimum Gasteiger partial charge on any atom is -0.461 e. The molecule has 8 heteroatoms. The number of ketones is 2. The fourth-order valence-corrected chi connectivity index (χ4v) is 9.15. The molecule has 2 saturated heterocycles. The van der Waals surface area contributed by atoms with E-state index in [4.69, 9.17) is 23.7 Å². The van der Waals surface area contributed by atoms with Gasteiger partial charge in [-0.15, -0.1) is 11.8 Å². The Morgan fingerprint density at radius 3 is 2.33 bits per heavy atom. The molecule has 6 rings (SSSR count). The molecule has 2 heterocycles. The lowest BCUT2D eigenvalue weighted by Crippen LogP contribution is -2.72. The van der Waals surface area contributed by atoms with Crippen LogP contribution in [0.2, 0.25) is 0 Å². The average molecular weight is 649 g/mol. The number of epoxide rings is 1. The van der Waals surface area contributed by atoms with Crippen molar-refractivity contribution in [2.24, 2.45) is 23.2 Å². The second-order valence-corrected chi connectivity index (χ2v) is 14.9. The van der Waals surface area contributed by atoms with Gasteiger partial charge in [-0.3, -0.25) is 9.59 Å². The molecule has 2 aromatic rings. The molecule has 2 aromatic carbocycles. The predicted molar refractivity (Wildman–Crippen MR) is 179 cm³/mol. The lowest BCUT2D eigenvalue weighted by atomic mass is 9.48. The molecule has 4 aliphatic rings. The quantitative estimate of drug-likeness (QED) is 0.0770. The van der Waals surface area contributed by atoms with Gasteiger partial charge in [0.25, 0.3) is 0 Å². The Labute approximate surface area is 277 Å². The first-order chi connectivity index (χ1) is 22.1. The number of hydrogen-bond acceptors (Lipinski definition) is 8. The summed E-state index contributed by atoms with van der Waals surface area (Å²) in [6.45, 7) is 11.1. The molecule has 2 aliphatic heterocycles. The first-order valence-electron chi connectivity index (χ1n) is 16.7. The van der Waals surface area contributed by atoms with E-state index in [1.54, 1.807) is 30.8 Å². The highest BCUT2D eigenvalue weighted by molar-refractivity contribution is 7.98. The SMILES string of the molecule is CSCOC1C(C(C)C)CC2OC23C2(C)CCC/C(=C(\OC(C)OCC(=O)c4ccccc4)C(=O)c4ccccc4)C2COC13C. The molecule has 8 unspecified atom stereocenters. The van der Waals surface area contributed by atoms with E-state index in [2.05, 4.69) is 34.0 Å². The van der Waals surface area contributed by atoms with Crippen LogP contribution in [0.3, 0.4) is 0 Å². The van der Waals surface area contributed by atoms with Crippen molar-refractivity contribution in [3.05, 3.63) is 83.1 Å². The summed E-state index contributed by atoms with van der Waals surface area (Å²) in [6, 6.07) is 18.3. The fourth-order valence-electron chi connectivity index (χ4n) is 8.87. The van der Waals surface area contributed by atoms with Gasteiger partial charge in [-0.25, -0.2) is 0 Å². The summed E-state index contributed by atoms with van der Waals surface area (Å²) >= 11 is 1.68. The number of Topliss-reactive ketones (excluding diaryl/α,β-unsaturated/α-hetero) is 2. The third kappa shape index (κ3) is 5.58. The minimum absolute atomic E-state index is 0.0756. The van der Waals surface area contributed by atoms with E-state index in [1.165, 1.54) is 0 Å². The lowest BCUT2D eigenvalue weighted by Gasteiger charge is -2.61. The summed E-state index contributed by atoms with van der Waals surface area (Å²) in [6.07, 6.45) is 4.73. The van der Waals surface area contributed by atoms with Gasteiger partial charge in [0.1, 0.15) is 17.8 Å². The number of fused-ring (bicyclic) bond motifs is 1. The van der Waals surface area contributed by atoms with E-state index in [0.29, 0.717) is 47.7 Å². The number of hydrogen-bond donors (Lipinski definition) is 0. The zero-order chi connectivity index (χ0) is 32.7. The molecule has 0 bridgehead atoms. The van der Waals surface area contributed by atoms with Crippen LogP contribution in [0, 0.1) is 23.2 Å². The standard InChI is InChI=1S/C38H48O7S/c1-24(2)29-20-32-38(45-32)36(4)19-13-18-28(30(36)21-43-37(38,5)35(29)42-23-46-6)34(33(40)27-16-11-8-12-17-27)44-25(3)41-22-31(39)26-14-9-7-10-15-26/h7-12,14-17,24-25,29-30,32,35H,13,18-23H2,1-6H3/b34-28+. The Hall–Kier alpha value is -2.49. The second kappa shape index (κ2) is 13.2. The predicted octanol–water partition coefficient (Wildman–Crippen LogP) is 7.50. The van der Waals surface area contributed by atoms with Crippen LogP contribution in [0.5, 0.6) is 0 Å². The van der Waals surface area contributed by atoms with E-state index in [1.807, 2.05) is 48.5 Å². The summed E-state index contributed by atoms with van der Waals surface area (Å²) < 4.78 is 32.9. The number of benzene rings is 2. The molecule has 0 radical (unpaired) electrons. The van der Waals surface area contributed by atoms with E-state index >= 15 is 0 Å². The zero-order valence-corrected chi connectivity index (χ0v) is 28.8. The van der Waals surface area contributed by atoms with Crippen LogP contribution in [-0.4, -0.2) is 66.7 Å². The Bertz CT molecular complexity index is 1440. The molecule has 0 N–H and O–H groups in total. The van der Waals surface area contributed by atoms with Crippen molar-refractivity contribution < 1.29 is 33.3 Å². The van der Waals surface area contributed by atoms with Crippen molar-refractivity contribution in [1.82, 2.24) is 0 Å². The maximum atomic E-state index is 14.2. The van der Waals surface area contributed by atoms with Crippen molar-refractivity contribution in [2.45, 2.75) is 90.0 Å². The normalized spacial score (nSPS) is 34.9. The summed E-state index contributed by atoms with van der Waals surface area (Å²) in [5.41, 5.74) is 0.643. The maximum Gasteiger partial charge on any atom is 0.227 e. The van der Waals surface area contributed by atoms with Crippen LogP contribution in [0.25, 0.3) is 0 Å². The van der Waals surface area contributed by atoms with Crippen LogP contribution in [-0.2, 0) is 23.7 Å². The van der Waals surface area contributed by atoms with Crippen molar-refractivity contribution >= 4 is 23.3 Å². The highest BCUT2D eigenvalue weighted by atomic mass is 32.2. The lowest BCUT2D eigenvalue weighted by molar-refractivity contribution is -0.264. The number of ether oxygens (including phenoxy) is 5. The Balaban J connectivity index is 1.34. The molecule has 4 fully saturated rings. The third-order valence-electron chi connectivity index (χ3n) is 11.2. The van der Waals surface area contributed by atoms with Crippen molar-refractivity contribution in [3.8, 4) is 0 Å². The number of carbonyl (C=O) groups excluding carboxylic acids is 2. The van der Waals surface area contributed by atoms with Gasteiger partial charge in [0.15, 0.2) is 17.8 Å². The van der Waals surface area contributed by atoms with Crippen LogP contribution in [0.1, 0.15) is 81.0 Å². The Kier molecular flexibility index (Phi) is 9.58. The van der Waals surface area contributed by atoms with Gasteiger partial charge in [-0.05, 0) is 63.2 Å². The van der Waals surface area contributed by atoms with E-state index in [-0.39, 0.29) is 41.7 Å². The first kappa shape index (κ1) is 33.4. The maximum absolute atomic E-state index is 14.2. The van der Waals surface area contributed by atoms with Gasteiger partial charge in [0, 0.05) is 22.5 Å². The zero-order valence-electron chi connectivity index (χ0n) is 28.0. The molecule has 0 aromatic heterocycles.